The summed E-state index contributed by atoms with van der Waals surface area (Å²) in [4.78, 5) is 28.6. The number of benzene rings is 2. The molecule has 26 heavy (non-hydrogen) atoms. The zero-order chi connectivity index (χ0) is 18.3. The number of carboxylic acid groups (broad SMARTS) is 1. The number of hydrogen-bond acceptors (Lipinski definition) is 4. The van der Waals surface area contributed by atoms with Crippen LogP contribution in [0.3, 0.4) is 0 Å². The lowest BCUT2D eigenvalue weighted by Crippen LogP contribution is -2.42. The molecule has 0 saturated heterocycles. The van der Waals surface area contributed by atoms with E-state index in [9.17, 15) is 14.7 Å². The van der Waals surface area contributed by atoms with Crippen LogP contribution in [0.15, 0.2) is 48.5 Å². The maximum atomic E-state index is 12.6. The lowest BCUT2D eigenvalue weighted by atomic mass is 10.1. The number of carboxylic acids is 1. The summed E-state index contributed by atoms with van der Waals surface area (Å²) >= 11 is 0. The molecule has 130 valence electrons. The van der Waals surface area contributed by atoms with Gasteiger partial charge in [-0.15, -0.1) is 0 Å². The van der Waals surface area contributed by atoms with Crippen LogP contribution in [0.2, 0.25) is 0 Å². The topological polar surface area (TPSA) is 82.5 Å². The number of rotatable bonds is 3. The summed E-state index contributed by atoms with van der Waals surface area (Å²) in [6.07, 6.45) is 0.771. The van der Waals surface area contributed by atoms with Crippen LogP contribution < -0.4 is 10.4 Å². The van der Waals surface area contributed by atoms with Crippen LogP contribution in [0, 0.1) is 6.92 Å². The van der Waals surface area contributed by atoms with E-state index in [0.29, 0.717) is 12.4 Å². The Labute approximate surface area is 150 Å². The zero-order valence-corrected chi connectivity index (χ0v) is 14.2. The van der Waals surface area contributed by atoms with Crippen molar-refractivity contribution in [3.63, 3.8) is 0 Å². The molecular weight excluding hydrogens is 330 g/mol. The molecule has 0 atom stereocenters. The van der Waals surface area contributed by atoms with Crippen LogP contribution >= 0.6 is 0 Å². The Morgan fingerprint density at radius 3 is 2.65 bits per heavy atom. The standard InChI is InChI=1S/C20H17N3O3/c1-12-6-7-13-11-14-8-9-23(18(14)21-17(13)10-12)22-19(24)15-4-2-3-5-16(15)20(25)26/h2-7,10-11H,8-9H2,1H3,(H,22,24)(H,25,26). The number of carbonyl (C=O) groups excluding carboxylic acids is 1. The minimum absolute atomic E-state index is 0.0217. The first-order chi connectivity index (χ1) is 12.5. The predicted molar refractivity (Wildman–Crippen MR) is 98.4 cm³/mol. The Kier molecular flexibility index (Phi) is 3.80. The van der Waals surface area contributed by atoms with E-state index in [4.69, 9.17) is 4.98 Å². The molecule has 1 aromatic heterocycles. The van der Waals surface area contributed by atoms with Gasteiger partial charge < -0.3 is 5.11 Å². The molecule has 0 saturated carbocycles. The summed E-state index contributed by atoms with van der Waals surface area (Å²) in [7, 11) is 0. The van der Waals surface area contributed by atoms with Crippen molar-refractivity contribution in [3.05, 3.63) is 70.8 Å². The van der Waals surface area contributed by atoms with Gasteiger partial charge >= 0.3 is 5.97 Å². The van der Waals surface area contributed by atoms with Crippen molar-refractivity contribution in [2.24, 2.45) is 0 Å². The van der Waals surface area contributed by atoms with E-state index in [1.807, 2.05) is 25.1 Å². The van der Waals surface area contributed by atoms with E-state index in [-0.39, 0.29) is 11.1 Å². The molecular formula is C20H17N3O3. The number of amides is 1. The molecule has 0 bridgehead atoms. The molecule has 0 fully saturated rings. The summed E-state index contributed by atoms with van der Waals surface area (Å²) < 4.78 is 0. The molecule has 4 rings (SSSR count). The van der Waals surface area contributed by atoms with Gasteiger partial charge in [-0.25, -0.2) is 9.78 Å². The van der Waals surface area contributed by atoms with Crippen molar-refractivity contribution in [2.45, 2.75) is 13.3 Å². The summed E-state index contributed by atoms with van der Waals surface area (Å²) in [6, 6.07) is 14.4. The second-order valence-electron chi connectivity index (χ2n) is 6.36. The van der Waals surface area contributed by atoms with Gasteiger partial charge in [0, 0.05) is 11.9 Å². The quantitative estimate of drug-likeness (QED) is 0.761. The van der Waals surface area contributed by atoms with Gasteiger partial charge in [0.15, 0.2) is 5.82 Å². The number of aryl methyl sites for hydroxylation is 1. The molecule has 1 aliphatic rings. The maximum Gasteiger partial charge on any atom is 0.336 e. The van der Waals surface area contributed by atoms with E-state index in [1.54, 1.807) is 17.1 Å². The number of carbonyl (C=O) groups is 2. The van der Waals surface area contributed by atoms with Crippen molar-refractivity contribution >= 4 is 28.6 Å². The number of aromatic nitrogens is 1. The second kappa shape index (κ2) is 6.15. The van der Waals surface area contributed by atoms with Crippen LogP contribution in [0.5, 0.6) is 0 Å². The minimum Gasteiger partial charge on any atom is -0.478 e. The number of hydrazine groups is 1. The molecule has 2 heterocycles. The third-order valence-electron chi connectivity index (χ3n) is 4.53. The molecule has 6 nitrogen and oxygen atoms in total. The molecule has 0 radical (unpaired) electrons. The number of anilines is 1. The van der Waals surface area contributed by atoms with E-state index in [1.165, 1.54) is 12.1 Å². The summed E-state index contributed by atoms with van der Waals surface area (Å²) in [6.45, 7) is 2.61. The van der Waals surface area contributed by atoms with Crippen LogP contribution in [0.25, 0.3) is 10.9 Å². The Balaban J connectivity index is 1.66. The van der Waals surface area contributed by atoms with Gasteiger partial charge in [0.25, 0.3) is 5.91 Å². The summed E-state index contributed by atoms with van der Waals surface area (Å²) in [5, 5.41) is 12.0. The first kappa shape index (κ1) is 16.1. The highest BCUT2D eigenvalue weighted by Gasteiger charge is 2.25. The van der Waals surface area contributed by atoms with Gasteiger partial charge in [0.1, 0.15) is 0 Å². The number of aromatic carboxylic acids is 1. The fraction of sp³-hybridized carbons (Fsp3) is 0.150. The van der Waals surface area contributed by atoms with Gasteiger partial charge in [0.2, 0.25) is 0 Å². The van der Waals surface area contributed by atoms with Crippen LogP contribution in [0.4, 0.5) is 5.82 Å². The van der Waals surface area contributed by atoms with Gasteiger partial charge in [-0.2, -0.15) is 0 Å². The molecule has 2 N–H and O–H groups in total. The third kappa shape index (κ3) is 2.75. The Morgan fingerprint density at radius 1 is 1.12 bits per heavy atom. The molecule has 6 heteroatoms. The first-order valence-electron chi connectivity index (χ1n) is 8.34. The summed E-state index contributed by atoms with van der Waals surface area (Å²) in [5.41, 5.74) is 5.96. The normalized spacial score (nSPS) is 12.9. The van der Waals surface area contributed by atoms with E-state index in [0.717, 1.165) is 28.5 Å². The Hall–Kier alpha value is -3.41. The molecule has 0 spiro atoms. The zero-order valence-electron chi connectivity index (χ0n) is 14.2. The highest BCUT2D eigenvalue weighted by Crippen LogP contribution is 2.28. The molecule has 0 aliphatic carbocycles. The van der Waals surface area contributed by atoms with Crippen LogP contribution in [-0.2, 0) is 6.42 Å². The van der Waals surface area contributed by atoms with E-state index >= 15 is 0 Å². The summed E-state index contributed by atoms with van der Waals surface area (Å²) in [5.74, 6) is -0.872. The average molecular weight is 347 g/mol. The van der Waals surface area contributed by atoms with Crippen molar-refractivity contribution in [3.8, 4) is 0 Å². The third-order valence-corrected chi connectivity index (χ3v) is 4.53. The Bertz CT molecular complexity index is 1050. The molecule has 1 aliphatic heterocycles. The largest absolute Gasteiger partial charge is 0.478 e. The lowest BCUT2D eigenvalue weighted by Gasteiger charge is -2.20. The van der Waals surface area contributed by atoms with Gasteiger partial charge in [-0.1, -0.05) is 24.3 Å². The van der Waals surface area contributed by atoms with Crippen LogP contribution in [0.1, 0.15) is 31.8 Å². The van der Waals surface area contributed by atoms with Crippen molar-refractivity contribution in [2.75, 3.05) is 11.6 Å². The van der Waals surface area contributed by atoms with Crippen molar-refractivity contribution in [1.29, 1.82) is 0 Å². The molecule has 2 aromatic carbocycles. The number of fused-ring (bicyclic) bond motifs is 2. The predicted octanol–water partition coefficient (Wildman–Crippen LogP) is 2.95. The number of pyridine rings is 1. The monoisotopic (exact) mass is 347 g/mol. The van der Waals surface area contributed by atoms with Crippen LogP contribution in [-0.4, -0.2) is 28.5 Å². The fourth-order valence-corrected chi connectivity index (χ4v) is 3.23. The van der Waals surface area contributed by atoms with Gasteiger partial charge in [-0.05, 0) is 48.7 Å². The van der Waals surface area contributed by atoms with Crippen molar-refractivity contribution in [1.82, 2.24) is 10.4 Å². The second-order valence-corrected chi connectivity index (χ2v) is 6.36. The SMILES string of the molecule is Cc1ccc2cc3c(nc2c1)N(NC(=O)c1ccccc1C(=O)O)CC3. The van der Waals surface area contributed by atoms with Gasteiger partial charge in [-0.3, -0.25) is 15.2 Å². The fourth-order valence-electron chi connectivity index (χ4n) is 3.23. The molecule has 0 unspecified atom stereocenters. The van der Waals surface area contributed by atoms with Gasteiger partial charge in [0.05, 0.1) is 16.6 Å². The Morgan fingerprint density at radius 2 is 1.88 bits per heavy atom. The maximum absolute atomic E-state index is 12.6. The van der Waals surface area contributed by atoms with Crippen molar-refractivity contribution < 1.29 is 14.7 Å². The van der Waals surface area contributed by atoms with E-state index in [2.05, 4.69) is 11.5 Å². The minimum atomic E-state index is -1.13. The average Bonchev–Trinajstić information content (AvgIpc) is 3.01. The number of nitrogens with one attached hydrogen (secondary N) is 1. The number of nitrogens with zero attached hydrogens (tertiary/aromatic N) is 2. The smallest absolute Gasteiger partial charge is 0.336 e. The first-order valence-corrected chi connectivity index (χ1v) is 8.34. The lowest BCUT2D eigenvalue weighted by molar-refractivity contribution is 0.0691. The van der Waals surface area contributed by atoms with E-state index < -0.39 is 11.9 Å². The highest BCUT2D eigenvalue weighted by molar-refractivity contribution is 6.05. The molecule has 1 amide bonds. The highest BCUT2D eigenvalue weighted by atomic mass is 16.4. The molecule has 3 aromatic rings. The number of hydrogen-bond donors (Lipinski definition) is 2.